The van der Waals surface area contributed by atoms with Gasteiger partial charge in [0.2, 0.25) is 5.91 Å². The van der Waals surface area contributed by atoms with Gasteiger partial charge in [-0.2, -0.15) is 0 Å². The Morgan fingerprint density at radius 2 is 2.08 bits per heavy atom. The Morgan fingerprint density at radius 3 is 2.81 bits per heavy atom. The van der Waals surface area contributed by atoms with E-state index in [1.807, 2.05) is 28.6 Å². The highest BCUT2D eigenvalue weighted by Crippen LogP contribution is 2.25. The summed E-state index contributed by atoms with van der Waals surface area (Å²) in [5, 5.41) is 3.07. The van der Waals surface area contributed by atoms with Gasteiger partial charge in [-0.1, -0.05) is 0 Å². The minimum Gasteiger partial charge on any atom is -0.349 e. The Labute approximate surface area is 153 Å². The Bertz CT molecular complexity index is 826. The molecular weight excluding hydrogens is 330 g/mol. The van der Waals surface area contributed by atoms with Crippen LogP contribution in [0, 0.1) is 11.8 Å². The zero-order valence-corrected chi connectivity index (χ0v) is 15.3. The van der Waals surface area contributed by atoms with Gasteiger partial charge in [0, 0.05) is 55.7 Å². The molecule has 0 saturated carbocycles. The van der Waals surface area contributed by atoms with Crippen molar-refractivity contribution in [2.45, 2.75) is 19.4 Å². The third kappa shape index (κ3) is 3.19. The van der Waals surface area contributed by atoms with Crippen LogP contribution in [-0.4, -0.2) is 70.3 Å². The molecule has 2 amide bonds. The highest BCUT2D eigenvalue weighted by atomic mass is 16.2. The molecule has 2 aliphatic heterocycles. The van der Waals surface area contributed by atoms with Crippen LogP contribution in [0.5, 0.6) is 0 Å². The maximum absolute atomic E-state index is 12.5. The number of rotatable bonds is 4. The van der Waals surface area contributed by atoms with E-state index in [1.165, 1.54) is 0 Å². The van der Waals surface area contributed by atoms with Crippen LogP contribution in [0.25, 0.3) is 5.65 Å². The van der Waals surface area contributed by atoms with Gasteiger partial charge in [-0.05, 0) is 39.1 Å². The number of pyridine rings is 1. The van der Waals surface area contributed by atoms with Crippen LogP contribution in [0.1, 0.15) is 23.7 Å². The molecule has 2 aromatic rings. The highest BCUT2D eigenvalue weighted by Gasteiger charge is 2.39. The fourth-order valence-electron chi connectivity index (χ4n) is 3.86. The van der Waals surface area contributed by atoms with Crippen molar-refractivity contribution in [3.63, 3.8) is 0 Å². The molecule has 2 fully saturated rings. The number of hydrogen-bond donors (Lipinski definition) is 1. The lowest BCUT2D eigenvalue weighted by Crippen LogP contribution is -2.58. The van der Waals surface area contributed by atoms with Crippen LogP contribution in [0.3, 0.4) is 0 Å². The molecule has 2 saturated heterocycles. The second kappa shape index (κ2) is 6.72. The molecule has 0 aliphatic carbocycles. The molecule has 1 N–H and O–H groups in total. The third-order valence-electron chi connectivity index (χ3n) is 5.69. The van der Waals surface area contributed by atoms with E-state index in [0.29, 0.717) is 11.5 Å². The predicted octanol–water partition coefficient (Wildman–Crippen LogP) is 0.863. The number of nitrogens with zero attached hydrogens (tertiary/aromatic N) is 4. The number of amides is 2. The smallest absolute Gasteiger partial charge is 0.251 e. The molecule has 7 nitrogen and oxygen atoms in total. The lowest BCUT2D eigenvalue weighted by molar-refractivity contribution is -0.142. The fourth-order valence-corrected chi connectivity index (χ4v) is 3.86. The lowest BCUT2D eigenvalue weighted by Gasteiger charge is -2.43. The first-order valence-electron chi connectivity index (χ1n) is 9.22. The topological polar surface area (TPSA) is 70.0 Å². The lowest BCUT2D eigenvalue weighted by atomic mass is 9.90. The number of imidazole rings is 1. The number of carbonyl (C=O) groups is 2. The summed E-state index contributed by atoms with van der Waals surface area (Å²) < 4.78 is 1.87. The molecule has 2 aliphatic rings. The summed E-state index contributed by atoms with van der Waals surface area (Å²) in [4.78, 5) is 33.3. The van der Waals surface area contributed by atoms with Crippen LogP contribution in [0.2, 0.25) is 0 Å². The molecule has 0 bridgehead atoms. The van der Waals surface area contributed by atoms with Gasteiger partial charge in [0.05, 0.1) is 5.92 Å². The molecule has 7 heteroatoms. The van der Waals surface area contributed by atoms with Crippen molar-refractivity contribution in [1.82, 2.24) is 24.5 Å². The van der Waals surface area contributed by atoms with Gasteiger partial charge in [0.25, 0.3) is 5.91 Å². The average molecular weight is 355 g/mol. The van der Waals surface area contributed by atoms with Gasteiger partial charge in [-0.25, -0.2) is 4.98 Å². The van der Waals surface area contributed by atoms with E-state index in [0.717, 1.165) is 38.2 Å². The van der Waals surface area contributed by atoms with Crippen molar-refractivity contribution in [3.05, 3.63) is 36.3 Å². The van der Waals surface area contributed by atoms with Crippen molar-refractivity contribution in [2.75, 3.05) is 33.2 Å². The highest BCUT2D eigenvalue weighted by molar-refractivity contribution is 5.95. The summed E-state index contributed by atoms with van der Waals surface area (Å²) in [7, 11) is 2.06. The molecule has 2 unspecified atom stereocenters. The van der Waals surface area contributed by atoms with E-state index in [1.54, 1.807) is 18.3 Å². The third-order valence-corrected chi connectivity index (χ3v) is 5.69. The first-order chi connectivity index (χ1) is 12.5. The van der Waals surface area contributed by atoms with Crippen molar-refractivity contribution in [2.24, 2.45) is 11.8 Å². The SMILES string of the molecule is CC(NC(=O)c1ccn2ccnc2c1)C1CN(C(=O)C2CCN(C)C2)C1. The number of likely N-dealkylation sites (tertiary alicyclic amines) is 2. The summed E-state index contributed by atoms with van der Waals surface area (Å²) in [6.07, 6.45) is 6.35. The largest absolute Gasteiger partial charge is 0.349 e. The van der Waals surface area contributed by atoms with E-state index in [2.05, 4.69) is 22.2 Å². The predicted molar refractivity (Wildman–Crippen MR) is 97.8 cm³/mol. The van der Waals surface area contributed by atoms with E-state index >= 15 is 0 Å². The van der Waals surface area contributed by atoms with E-state index < -0.39 is 0 Å². The van der Waals surface area contributed by atoms with E-state index in [9.17, 15) is 9.59 Å². The van der Waals surface area contributed by atoms with E-state index in [4.69, 9.17) is 0 Å². The maximum atomic E-state index is 12.5. The van der Waals surface area contributed by atoms with Crippen LogP contribution in [-0.2, 0) is 4.79 Å². The quantitative estimate of drug-likeness (QED) is 0.883. The standard InChI is InChI=1S/C19H25N5O2/c1-13(16-11-24(12-16)19(26)15-3-6-22(2)10-15)21-18(25)14-4-7-23-8-5-20-17(23)9-14/h4-5,7-9,13,15-16H,3,6,10-12H2,1-2H3,(H,21,25). The van der Waals surface area contributed by atoms with Crippen molar-refractivity contribution >= 4 is 17.5 Å². The first-order valence-corrected chi connectivity index (χ1v) is 9.22. The number of fused-ring (bicyclic) bond motifs is 1. The molecule has 4 heterocycles. The summed E-state index contributed by atoms with van der Waals surface area (Å²) in [5.41, 5.74) is 1.36. The molecular formula is C19H25N5O2. The molecule has 26 heavy (non-hydrogen) atoms. The molecule has 2 atom stereocenters. The van der Waals surface area contributed by atoms with Crippen LogP contribution in [0.15, 0.2) is 30.7 Å². The van der Waals surface area contributed by atoms with E-state index in [-0.39, 0.29) is 23.8 Å². The summed E-state index contributed by atoms with van der Waals surface area (Å²) in [6.45, 7) is 5.35. The van der Waals surface area contributed by atoms with Crippen LogP contribution < -0.4 is 5.32 Å². The first kappa shape index (κ1) is 17.0. The Hall–Kier alpha value is -2.41. The maximum Gasteiger partial charge on any atom is 0.251 e. The molecule has 4 rings (SSSR count). The van der Waals surface area contributed by atoms with Gasteiger partial charge in [0.1, 0.15) is 5.65 Å². The van der Waals surface area contributed by atoms with Gasteiger partial charge >= 0.3 is 0 Å². The number of aromatic nitrogens is 2. The zero-order valence-electron chi connectivity index (χ0n) is 15.3. The second-order valence-corrected chi connectivity index (χ2v) is 7.62. The molecule has 2 aromatic heterocycles. The molecule has 138 valence electrons. The Balaban J connectivity index is 1.29. The Morgan fingerprint density at radius 1 is 1.27 bits per heavy atom. The van der Waals surface area contributed by atoms with Gasteiger partial charge in [-0.3, -0.25) is 9.59 Å². The monoisotopic (exact) mass is 355 g/mol. The van der Waals surface area contributed by atoms with Gasteiger partial charge in [-0.15, -0.1) is 0 Å². The van der Waals surface area contributed by atoms with Crippen molar-refractivity contribution in [3.8, 4) is 0 Å². The Kier molecular flexibility index (Phi) is 4.40. The van der Waals surface area contributed by atoms with Crippen molar-refractivity contribution < 1.29 is 9.59 Å². The molecule has 0 spiro atoms. The minimum absolute atomic E-state index is 0.0359. The van der Waals surface area contributed by atoms with Gasteiger partial charge in [0.15, 0.2) is 0 Å². The zero-order chi connectivity index (χ0) is 18.3. The molecule has 0 aromatic carbocycles. The minimum atomic E-state index is -0.0924. The number of hydrogen-bond acceptors (Lipinski definition) is 4. The van der Waals surface area contributed by atoms with Gasteiger partial charge < -0.3 is 19.5 Å². The van der Waals surface area contributed by atoms with Crippen LogP contribution in [0.4, 0.5) is 0 Å². The van der Waals surface area contributed by atoms with Crippen molar-refractivity contribution in [1.29, 1.82) is 0 Å². The summed E-state index contributed by atoms with van der Waals surface area (Å²) in [6, 6.07) is 3.62. The van der Waals surface area contributed by atoms with Crippen LogP contribution >= 0.6 is 0 Å². The summed E-state index contributed by atoms with van der Waals surface area (Å²) >= 11 is 0. The number of nitrogens with one attached hydrogen (secondary N) is 1. The molecule has 0 radical (unpaired) electrons. The number of carbonyl (C=O) groups excluding carboxylic acids is 2. The average Bonchev–Trinajstić information content (AvgIpc) is 3.21. The second-order valence-electron chi connectivity index (χ2n) is 7.62. The summed E-state index contributed by atoms with van der Waals surface area (Å²) in [5.74, 6) is 0.642. The normalized spacial score (nSPS) is 22.4. The fraction of sp³-hybridized carbons (Fsp3) is 0.526.